The lowest BCUT2D eigenvalue weighted by Crippen LogP contribution is -2.49. The van der Waals surface area contributed by atoms with Crippen molar-refractivity contribution in [1.29, 1.82) is 0 Å². The van der Waals surface area contributed by atoms with Gasteiger partial charge in [0.25, 0.3) is 0 Å². The fraction of sp³-hybridized carbons (Fsp3) is 0.435. The van der Waals surface area contributed by atoms with Gasteiger partial charge >= 0.3 is 0 Å². The Hall–Kier alpha value is -2.40. The Morgan fingerprint density at radius 1 is 1.00 bits per heavy atom. The summed E-state index contributed by atoms with van der Waals surface area (Å²) in [6, 6.07) is 17.4. The van der Waals surface area contributed by atoms with Crippen molar-refractivity contribution in [2.75, 3.05) is 37.6 Å². The molecule has 0 bridgehead atoms. The van der Waals surface area contributed by atoms with Crippen LogP contribution in [0, 0.1) is 5.82 Å². The van der Waals surface area contributed by atoms with Crippen LogP contribution in [0.25, 0.3) is 0 Å². The average molecular weight is 384 g/mol. The van der Waals surface area contributed by atoms with Crippen LogP contribution in [-0.2, 0) is 11.3 Å². The van der Waals surface area contributed by atoms with Gasteiger partial charge in [0.05, 0.1) is 0 Å². The van der Waals surface area contributed by atoms with Crippen LogP contribution < -0.4 is 4.90 Å². The Kier molecular flexibility index (Phi) is 7.04. The molecule has 1 fully saturated rings. The van der Waals surface area contributed by atoms with Crippen LogP contribution in [0.15, 0.2) is 54.6 Å². The van der Waals surface area contributed by atoms with Crippen molar-refractivity contribution < 1.29 is 9.18 Å². The van der Waals surface area contributed by atoms with Gasteiger partial charge in [-0.25, -0.2) is 4.39 Å². The van der Waals surface area contributed by atoms with Crippen molar-refractivity contribution in [3.63, 3.8) is 0 Å². The van der Waals surface area contributed by atoms with E-state index in [2.05, 4.69) is 47.9 Å². The van der Waals surface area contributed by atoms with Gasteiger partial charge in [0.15, 0.2) is 0 Å². The predicted molar refractivity (Wildman–Crippen MR) is 112 cm³/mol. The van der Waals surface area contributed by atoms with E-state index in [-0.39, 0.29) is 11.7 Å². The van der Waals surface area contributed by atoms with E-state index in [4.69, 9.17) is 0 Å². The van der Waals surface area contributed by atoms with E-state index < -0.39 is 0 Å². The summed E-state index contributed by atoms with van der Waals surface area (Å²) >= 11 is 0. The highest BCUT2D eigenvalue weighted by Crippen LogP contribution is 2.17. The van der Waals surface area contributed by atoms with E-state index >= 15 is 0 Å². The second kappa shape index (κ2) is 9.69. The summed E-state index contributed by atoms with van der Waals surface area (Å²) < 4.78 is 13.1. The summed E-state index contributed by atoms with van der Waals surface area (Å²) in [5, 5.41) is 0. The number of carbonyl (C=O) groups excluding carboxylic acids is 1. The Bertz CT molecular complexity index is 740. The molecule has 1 aliphatic heterocycles. The number of amides is 1. The van der Waals surface area contributed by atoms with Crippen LogP contribution in [0.2, 0.25) is 0 Å². The second-order valence-corrected chi connectivity index (χ2v) is 7.64. The summed E-state index contributed by atoms with van der Waals surface area (Å²) in [5.41, 5.74) is 2.29. The molecule has 0 unspecified atom stereocenters. The molecule has 3 rings (SSSR count). The first-order chi connectivity index (χ1) is 13.5. The monoisotopic (exact) mass is 383 g/mol. The molecule has 0 aliphatic carbocycles. The zero-order valence-electron chi connectivity index (χ0n) is 16.9. The smallest absolute Gasteiger partial charge is 0.223 e. The summed E-state index contributed by atoms with van der Waals surface area (Å²) in [7, 11) is 0. The minimum absolute atomic E-state index is 0.220. The third-order valence-electron chi connectivity index (χ3n) is 5.40. The molecule has 2 aromatic rings. The molecule has 0 N–H and O–H groups in total. The van der Waals surface area contributed by atoms with Gasteiger partial charge in [0.1, 0.15) is 5.82 Å². The molecular formula is C23H30FN3O. The quantitative estimate of drug-likeness (QED) is 0.728. The molecule has 150 valence electrons. The number of halogens is 1. The number of piperazine rings is 1. The molecule has 1 saturated heterocycles. The molecule has 1 amide bonds. The number of benzene rings is 2. The first-order valence-electron chi connectivity index (χ1n) is 10.1. The summed E-state index contributed by atoms with van der Waals surface area (Å²) in [5.74, 6) is 0.000223. The fourth-order valence-electron chi connectivity index (χ4n) is 3.60. The molecule has 2 aromatic carbocycles. The number of nitrogens with zero attached hydrogens (tertiary/aromatic N) is 3. The second-order valence-electron chi connectivity index (χ2n) is 7.64. The number of rotatable bonds is 7. The van der Waals surface area contributed by atoms with E-state index in [0.717, 1.165) is 45.0 Å². The van der Waals surface area contributed by atoms with Gasteiger partial charge in [-0.2, -0.15) is 0 Å². The Morgan fingerprint density at radius 3 is 2.25 bits per heavy atom. The van der Waals surface area contributed by atoms with Gasteiger partial charge in [-0.15, -0.1) is 0 Å². The van der Waals surface area contributed by atoms with E-state index in [0.29, 0.717) is 12.5 Å². The zero-order valence-corrected chi connectivity index (χ0v) is 16.9. The van der Waals surface area contributed by atoms with Crippen molar-refractivity contribution in [2.24, 2.45) is 0 Å². The third-order valence-corrected chi connectivity index (χ3v) is 5.40. The largest absolute Gasteiger partial charge is 0.368 e. The van der Waals surface area contributed by atoms with Gasteiger partial charge < -0.3 is 9.80 Å². The van der Waals surface area contributed by atoms with Crippen LogP contribution in [-0.4, -0.2) is 54.5 Å². The number of hydrogen-bond donors (Lipinski definition) is 0. The Labute approximate surface area is 167 Å². The van der Waals surface area contributed by atoms with Gasteiger partial charge in [0, 0.05) is 57.4 Å². The highest BCUT2D eigenvalue weighted by atomic mass is 19.1. The van der Waals surface area contributed by atoms with Gasteiger partial charge in [-0.05, 0) is 43.7 Å². The predicted octanol–water partition coefficient (Wildman–Crippen LogP) is 3.78. The minimum Gasteiger partial charge on any atom is -0.368 e. The maximum atomic E-state index is 13.1. The lowest BCUT2D eigenvalue weighted by Gasteiger charge is -2.36. The van der Waals surface area contributed by atoms with Crippen LogP contribution >= 0.6 is 0 Å². The van der Waals surface area contributed by atoms with E-state index in [1.54, 1.807) is 12.1 Å². The summed E-state index contributed by atoms with van der Waals surface area (Å²) in [6.07, 6.45) is 0.543. The van der Waals surface area contributed by atoms with E-state index in [1.807, 2.05) is 11.0 Å². The fourth-order valence-corrected chi connectivity index (χ4v) is 3.60. The first-order valence-corrected chi connectivity index (χ1v) is 10.1. The molecule has 1 aliphatic rings. The van der Waals surface area contributed by atoms with Crippen LogP contribution in [0.4, 0.5) is 10.1 Å². The van der Waals surface area contributed by atoms with Crippen molar-refractivity contribution in [3.8, 4) is 0 Å². The maximum absolute atomic E-state index is 13.1. The van der Waals surface area contributed by atoms with Crippen molar-refractivity contribution in [2.45, 2.75) is 32.9 Å². The SMILES string of the molecule is CC(C)N(CCC(=O)N1CCN(c2ccc(F)cc2)CC1)Cc1ccccc1. The highest BCUT2D eigenvalue weighted by Gasteiger charge is 2.22. The molecule has 0 atom stereocenters. The van der Waals surface area contributed by atoms with Crippen LogP contribution in [0.3, 0.4) is 0 Å². The highest BCUT2D eigenvalue weighted by molar-refractivity contribution is 5.76. The van der Waals surface area contributed by atoms with Gasteiger partial charge in [-0.1, -0.05) is 30.3 Å². The average Bonchev–Trinajstić information content (AvgIpc) is 2.72. The normalized spacial score (nSPS) is 14.8. The molecular weight excluding hydrogens is 353 g/mol. The van der Waals surface area contributed by atoms with E-state index in [9.17, 15) is 9.18 Å². The third kappa shape index (κ3) is 5.55. The van der Waals surface area contributed by atoms with Gasteiger partial charge in [-0.3, -0.25) is 9.69 Å². The minimum atomic E-state index is -0.220. The molecule has 1 heterocycles. The molecule has 0 radical (unpaired) electrons. The maximum Gasteiger partial charge on any atom is 0.223 e. The number of hydrogen-bond acceptors (Lipinski definition) is 3. The molecule has 5 heteroatoms. The Balaban J connectivity index is 1.47. The standard InChI is InChI=1S/C23H30FN3O/c1-19(2)27(18-20-6-4-3-5-7-20)13-12-23(28)26-16-14-25(15-17-26)22-10-8-21(24)9-11-22/h3-11,19H,12-18H2,1-2H3. The van der Waals surface area contributed by atoms with Crippen LogP contribution in [0.5, 0.6) is 0 Å². The molecule has 0 saturated carbocycles. The Morgan fingerprint density at radius 2 is 1.64 bits per heavy atom. The molecule has 28 heavy (non-hydrogen) atoms. The number of carbonyl (C=O) groups is 1. The lowest BCUT2D eigenvalue weighted by molar-refractivity contribution is -0.132. The summed E-state index contributed by atoms with van der Waals surface area (Å²) in [6.45, 7) is 9.00. The van der Waals surface area contributed by atoms with Crippen molar-refractivity contribution in [1.82, 2.24) is 9.80 Å². The molecule has 4 nitrogen and oxygen atoms in total. The first kappa shape index (κ1) is 20.3. The van der Waals surface area contributed by atoms with E-state index in [1.165, 1.54) is 17.7 Å². The lowest BCUT2D eigenvalue weighted by atomic mass is 10.1. The topological polar surface area (TPSA) is 26.8 Å². The van der Waals surface area contributed by atoms with Crippen molar-refractivity contribution >= 4 is 11.6 Å². The zero-order chi connectivity index (χ0) is 19.9. The van der Waals surface area contributed by atoms with Crippen molar-refractivity contribution in [3.05, 3.63) is 66.0 Å². The molecule has 0 aromatic heterocycles. The van der Waals surface area contributed by atoms with Gasteiger partial charge in [0.2, 0.25) is 5.91 Å². The molecule has 0 spiro atoms. The summed E-state index contributed by atoms with van der Waals surface area (Å²) in [4.78, 5) is 19.2. The number of anilines is 1. The van der Waals surface area contributed by atoms with Crippen LogP contribution in [0.1, 0.15) is 25.8 Å².